The van der Waals surface area contributed by atoms with E-state index in [2.05, 4.69) is 5.32 Å². The van der Waals surface area contributed by atoms with Crippen LogP contribution in [-0.4, -0.2) is 59.3 Å². The fourth-order valence-corrected chi connectivity index (χ4v) is 5.04. The maximum Gasteiger partial charge on any atom is 0.281 e. The minimum absolute atomic E-state index is 0.0765. The summed E-state index contributed by atoms with van der Waals surface area (Å²) in [4.78, 5) is 29.4. The SMILES string of the molecule is CCOc1ccc(N2C(=O)/C(=C/c3cn(CC(=O)NC[C@H]4CCCO4)c4ccccc34)N(C)C2=S)cc1. The van der Waals surface area contributed by atoms with Crippen molar-refractivity contribution in [2.24, 2.45) is 0 Å². The average Bonchev–Trinajstić information content (AvgIpc) is 3.59. The zero-order valence-corrected chi connectivity index (χ0v) is 21.8. The van der Waals surface area contributed by atoms with Crippen molar-refractivity contribution in [3.63, 3.8) is 0 Å². The smallest absolute Gasteiger partial charge is 0.281 e. The molecule has 0 spiro atoms. The molecule has 2 amide bonds. The third-order valence-corrected chi connectivity index (χ3v) is 7.10. The number of carbonyl (C=O) groups excluding carboxylic acids is 2. The predicted octanol–water partition coefficient (Wildman–Crippen LogP) is 3.94. The minimum Gasteiger partial charge on any atom is -0.494 e. The largest absolute Gasteiger partial charge is 0.494 e. The second-order valence-corrected chi connectivity index (χ2v) is 9.47. The molecule has 5 rings (SSSR count). The van der Waals surface area contributed by atoms with E-state index in [0.29, 0.717) is 29.6 Å². The van der Waals surface area contributed by atoms with Gasteiger partial charge in [0, 0.05) is 42.9 Å². The Hall–Kier alpha value is -3.69. The molecule has 37 heavy (non-hydrogen) atoms. The number of nitrogens with zero attached hydrogens (tertiary/aromatic N) is 3. The first-order chi connectivity index (χ1) is 18.0. The van der Waals surface area contributed by atoms with Crippen LogP contribution in [0.15, 0.2) is 60.4 Å². The highest BCUT2D eigenvalue weighted by Gasteiger charge is 2.37. The molecular formula is C28H30N4O4S. The summed E-state index contributed by atoms with van der Waals surface area (Å²) in [6.07, 6.45) is 5.85. The number of para-hydroxylation sites is 1. The van der Waals surface area contributed by atoms with Crippen LogP contribution < -0.4 is 15.0 Å². The van der Waals surface area contributed by atoms with Crippen LogP contribution in [0.1, 0.15) is 25.3 Å². The summed E-state index contributed by atoms with van der Waals surface area (Å²) in [5.41, 5.74) is 2.90. The molecule has 2 saturated heterocycles. The van der Waals surface area contributed by atoms with Gasteiger partial charge in [-0.1, -0.05) is 18.2 Å². The number of rotatable bonds is 8. The Morgan fingerprint density at radius 1 is 1.22 bits per heavy atom. The van der Waals surface area contributed by atoms with E-state index in [1.807, 2.05) is 72.3 Å². The Balaban J connectivity index is 1.39. The van der Waals surface area contributed by atoms with Gasteiger partial charge in [-0.25, -0.2) is 0 Å². The Kier molecular flexibility index (Phi) is 7.25. The summed E-state index contributed by atoms with van der Waals surface area (Å²) >= 11 is 5.62. The lowest BCUT2D eigenvalue weighted by atomic mass is 10.1. The quantitative estimate of drug-likeness (QED) is 0.360. The van der Waals surface area contributed by atoms with Crippen LogP contribution in [0.4, 0.5) is 5.69 Å². The highest BCUT2D eigenvalue weighted by Crippen LogP contribution is 2.31. The highest BCUT2D eigenvalue weighted by molar-refractivity contribution is 7.80. The van der Waals surface area contributed by atoms with E-state index in [9.17, 15) is 9.59 Å². The van der Waals surface area contributed by atoms with Crippen LogP contribution in [0.25, 0.3) is 17.0 Å². The molecule has 0 radical (unpaired) electrons. The number of aromatic nitrogens is 1. The third kappa shape index (κ3) is 5.10. The fourth-order valence-electron chi connectivity index (χ4n) is 4.75. The molecule has 2 aromatic carbocycles. The Bertz CT molecular complexity index is 1360. The van der Waals surface area contributed by atoms with Gasteiger partial charge in [-0.3, -0.25) is 14.5 Å². The summed E-state index contributed by atoms with van der Waals surface area (Å²) in [6.45, 7) is 3.95. The van der Waals surface area contributed by atoms with Gasteiger partial charge in [0.15, 0.2) is 5.11 Å². The number of nitrogens with one attached hydrogen (secondary N) is 1. The summed E-state index contributed by atoms with van der Waals surface area (Å²) in [6, 6.07) is 15.2. The molecule has 0 bridgehead atoms. The van der Waals surface area contributed by atoms with Crippen LogP contribution >= 0.6 is 12.2 Å². The van der Waals surface area contributed by atoms with E-state index < -0.39 is 0 Å². The molecule has 3 aromatic rings. The molecular weight excluding hydrogens is 488 g/mol. The first-order valence-electron chi connectivity index (χ1n) is 12.5. The van der Waals surface area contributed by atoms with Crippen molar-refractivity contribution in [1.82, 2.24) is 14.8 Å². The van der Waals surface area contributed by atoms with Gasteiger partial charge in [-0.2, -0.15) is 0 Å². The van der Waals surface area contributed by atoms with Gasteiger partial charge >= 0.3 is 0 Å². The van der Waals surface area contributed by atoms with Crippen molar-refractivity contribution < 1.29 is 19.1 Å². The van der Waals surface area contributed by atoms with Gasteiger partial charge in [0.2, 0.25) is 5.91 Å². The maximum atomic E-state index is 13.5. The van der Waals surface area contributed by atoms with E-state index in [1.165, 1.54) is 4.90 Å². The molecule has 1 aromatic heterocycles. The first kappa shape index (κ1) is 25.0. The van der Waals surface area contributed by atoms with Crippen molar-refractivity contribution in [1.29, 1.82) is 0 Å². The topological polar surface area (TPSA) is 76.0 Å². The van der Waals surface area contributed by atoms with Crippen LogP contribution in [-0.2, 0) is 20.9 Å². The third-order valence-electron chi connectivity index (χ3n) is 6.64. The molecule has 1 atom stereocenters. The molecule has 0 aliphatic carbocycles. The lowest BCUT2D eigenvalue weighted by Crippen LogP contribution is -2.34. The lowest BCUT2D eigenvalue weighted by molar-refractivity contribution is -0.122. The van der Waals surface area contributed by atoms with Crippen molar-refractivity contribution in [2.75, 3.05) is 31.7 Å². The van der Waals surface area contributed by atoms with Gasteiger partial charge < -0.3 is 24.3 Å². The minimum atomic E-state index is -0.206. The fraction of sp³-hybridized carbons (Fsp3) is 0.321. The monoisotopic (exact) mass is 518 g/mol. The summed E-state index contributed by atoms with van der Waals surface area (Å²) in [5, 5.41) is 4.33. The number of amides is 2. The number of anilines is 1. The van der Waals surface area contributed by atoms with Crippen LogP contribution in [0.5, 0.6) is 5.75 Å². The van der Waals surface area contributed by atoms with Crippen molar-refractivity contribution in [3.8, 4) is 5.75 Å². The summed E-state index contributed by atoms with van der Waals surface area (Å²) < 4.78 is 13.0. The molecule has 3 heterocycles. The second-order valence-electron chi connectivity index (χ2n) is 9.11. The number of fused-ring (bicyclic) bond motifs is 1. The van der Waals surface area contributed by atoms with Crippen molar-refractivity contribution >= 4 is 51.8 Å². The van der Waals surface area contributed by atoms with Crippen LogP contribution in [0, 0.1) is 0 Å². The number of thiocarbonyl (C=S) groups is 1. The number of likely N-dealkylation sites (N-methyl/N-ethyl adjacent to an activating group) is 1. The summed E-state index contributed by atoms with van der Waals surface area (Å²) in [7, 11) is 1.79. The second kappa shape index (κ2) is 10.7. The standard InChI is InChI=1S/C28H30N4O4S/c1-3-35-21-12-10-20(11-13-21)32-27(34)25(30(2)28(32)37)15-19-17-31(24-9-5-4-8-23(19)24)18-26(33)29-16-22-7-6-14-36-22/h4-5,8-13,15,17,22H,3,6-7,14,16,18H2,1-2H3,(H,29,33)/b25-15-/t22-/m1/s1. The molecule has 0 saturated carbocycles. The molecule has 0 unspecified atom stereocenters. The molecule has 192 valence electrons. The molecule has 2 aliphatic heterocycles. The summed E-state index contributed by atoms with van der Waals surface area (Å²) in [5.74, 6) is 0.454. The van der Waals surface area contributed by atoms with E-state index in [4.69, 9.17) is 21.7 Å². The number of hydrogen-bond donors (Lipinski definition) is 1. The van der Waals surface area contributed by atoms with Gasteiger partial charge in [-0.05, 0) is 68.4 Å². The molecule has 1 N–H and O–H groups in total. The Labute approximate surface area is 221 Å². The zero-order valence-electron chi connectivity index (χ0n) is 21.0. The van der Waals surface area contributed by atoms with Gasteiger partial charge in [-0.15, -0.1) is 0 Å². The number of ether oxygens (including phenoxy) is 2. The van der Waals surface area contributed by atoms with Crippen molar-refractivity contribution in [2.45, 2.75) is 32.4 Å². The average molecular weight is 519 g/mol. The van der Waals surface area contributed by atoms with E-state index in [-0.39, 0.29) is 24.5 Å². The van der Waals surface area contributed by atoms with E-state index in [1.54, 1.807) is 11.9 Å². The van der Waals surface area contributed by atoms with E-state index in [0.717, 1.165) is 41.7 Å². The Morgan fingerprint density at radius 3 is 2.73 bits per heavy atom. The highest BCUT2D eigenvalue weighted by atomic mass is 32.1. The van der Waals surface area contributed by atoms with Crippen LogP contribution in [0.2, 0.25) is 0 Å². The van der Waals surface area contributed by atoms with E-state index >= 15 is 0 Å². The number of hydrogen-bond acceptors (Lipinski definition) is 5. The van der Waals surface area contributed by atoms with Gasteiger partial charge in [0.05, 0.1) is 18.4 Å². The zero-order chi connectivity index (χ0) is 25.9. The molecule has 2 fully saturated rings. The van der Waals surface area contributed by atoms with Gasteiger partial charge in [0.25, 0.3) is 5.91 Å². The maximum absolute atomic E-state index is 13.5. The predicted molar refractivity (Wildman–Crippen MR) is 147 cm³/mol. The van der Waals surface area contributed by atoms with Crippen LogP contribution in [0.3, 0.4) is 0 Å². The number of carbonyl (C=O) groups is 2. The molecule has 8 nitrogen and oxygen atoms in total. The Morgan fingerprint density at radius 2 is 2.00 bits per heavy atom. The normalized spacial score (nSPS) is 18.9. The number of benzene rings is 2. The van der Waals surface area contributed by atoms with Crippen molar-refractivity contribution in [3.05, 3.63) is 66.0 Å². The van der Waals surface area contributed by atoms with Gasteiger partial charge in [0.1, 0.15) is 18.0 Å². The first-order valence-corrected chi connectivity index (χ1v) is 12.9. The molecule has 9 heteroatoms. The lowest BCUT2D eigenvalue weighted by Gasteiger charge is -2.16. The molecule has 2 aliphatic rings.